The number of benzene rings is 1. The summed E-state index contributed by atoms with van der Waals surface area (Å²) in [6, 6.07) is 11.0. The van der Waals surface area contributed by atoms with Gasteiger partial charge >= 0.3 is 6.03 Å². The molecule has 0 aliphatic heterocycles. The first kappa shape index (κ1) is 14.3. The minimum Gasteiger partial charge on any atom is -0.337 e. The fourth-order valence-electron chi connectivity index (χ4n) is 1.78. The fraction of sp³-hybridized carbons (Fsp3) is 0.200. The van der Waals surface area contributed by atoms with Crippen molar-refractivity contribution in [1.82, 2.24) is 10.3 Å². The van der Waals surface area contributed by atoms with Gasteiger partial charge in [-0.1, -0.05) is 23.7 Å². The standard InChI is InChI=1S/C15H16ClN3O/c1-11-5-7-17-14(9-11)19-15(20)18-8-6-12-3-2-4-13(16)10-12/h2-5,7,9-10H,6,8H2,1H3,(H2,17,18,19,20). The van der Waals surface area contributed by atoms with Gasteiger partial charge in [-0.2, -0.15) is 0 Å². The van der Waals surface area contributed by atoms with Gasteiger partial charge in [0.1, 0.15) is 5.82 Å². The number of rotatable bonds is 4. The molecule has 0 saturated carbocycles. The molecule has 0 bridgehead atoms. The predicted molar refractivity (Wildman–Crippen MR) is 81.2 cm³/mol. The number of urea groups is 1. The number of carbonyl (C=O) groups is 1. The van der Waals surface area contributed by atoms with E-state index in [0.29, 0.717) is 17.4 Å². The van der Waals surface area contributed by atoms with Crippen LogP contribution >= 0.6 is 11.6 Å². The van der Waals surface area contributed by atoms with Crippen molar-refractivity contribution < 1.29 is 4.79 Å². The van der Waals surface area contributed by atoms with Crippen molar-refractivity contribution in [3.63, 3.8) is 0 Å². The minimum atomic E-state index is -0.259. The van der Waals surface area contributed by atoms with E-state index in [1.807, 2.05) is 43.3 Å². The van der Waals surface area contributed by atoms with Crippen LogP contribution in [0.4, 0.5) is 10.6 Å². The van der Waals surface area contributed by atoms with Crippen molar-refractivity contribution in [3.8, 4) is 0 Å². The topological polar surface area (TPSA) is 54.0 Å². The second-order valence-electron chi connectivity index (χ2n) is 4.48. The highest BCUT2D eigenvalue weighted by Crippen LogP contribution is 2.10. The summed E-state index contributed by atoms with van der Waals surface area (Å²) in [4.78, 5) is 15.8. The number of carbonyl (C=O) groups excluding carboxylic acids is 1. The van der Waals surface area contributed by atoms with Gasteiger partial charge in [-0.25, -0.2) is 9.78 Å². The second kappa shape index (κ2) is 6.91. The maximum Gasteiger partial charge on any atom is 0.320 e. The van der Waals surface area contributed by atoms with E-state index in [-0.39, 0.29) is 6.03 Å². The molecule has 2 amide bonds. The number of amides is 2. The highest BCUT2D eigenvalue weighted by atomic mass is 35.5. The number of aryl methyl sites for hydroxylation is 1. The van der Waals surface area contributed by atoms with Crippen LogP contribution in [0.5, 0.6) is 0 Å². The maximum atomic E-state index is 11.7. The summed E-state index contributed by atoms with van der Waals surface area (Å²) < 4.78 is 0. The molecule has 0 unspecified atom stereocenters. The number of nitrogens with zero attached hydrogens (tertiary/aromatic N) is 1. The van der Waals surface area contributed by atoms with Crippen LogP contribution in [0.15, 0.2) is 42.6 Å². The van der Waals surface area contributed by atoms with Crippen LogP contribution in [-0.2, 0) is 6.42 Å². The molecule has 4 nitrogen and oxygen atoms in total. The molecule has 20 heavy (non-hydrogen) atoms. The van der Waals surface area contributed by atoms with Crippen LogP contribution in [0, 0.1) is 6.92 Å². The Hall–Kier alpha value is -2.07. The number of anilines is 1. The van der Waals surface area contributed by atoms with Crippen LogP contribution in [0.1, 0.15) is 11.1 Å². The molecule has 0 saturated heterocycles. The SMILES string of the molecule is Cc1ccnc(NC(=O)NCCc2cccc(Cl)c2)c1. The molecule has 1 heterocycles. The molecule has 2 N–H and O–H groups in total. The Morgan fingerprint density at radius 1 is 1.30 bits per heavy atom. The third kappa shape index (κ3) is 4.55. The number of halogens is 1. The first-order chi connectivity index (χ1) is 9.63. The van der Waals surface area contributed by atoms with Gasteiger partial charge in [0.25, 0.3) is 0 Å². The summed E-state index contributed by atoms with van der Waals surface area (Å²) in [7, 11) is 0. The zero-order valence-electron chi connectivity index (χ0n) is 11.2. The van der Waals surface area contributed by atoms with Gasteiger partial charge in [0.15, 0.2) is 0 Å². The van der Waals surface area contributed by atoms with Gasteiger partial charge < -0.3 is 5.32 Å². The molecule has 1 aromatic heterocycles. The first-order valence-corrected chi connectivity index (χ1v) is 6.73. The van der Waals surface area contributed by atoms with Crippen molar-refractivity contribution in [2.24, 2.45) is 0 Å². The lowest BCUT2D eigenvalue weighted by Crippen LogP contribution is -2.30. The molecule has 0 aliphatic rings. The van der Waals surface area contributed by atoms with E-state index in [9.17, 15) is 4.79 Å². The Labute approximate surface area is 123 Å². The van der Waals surface area contributed by atoms with E-state index in [1.165, 1.54) is 0 Å². The van der Waals surface area contributed by atoms with Gasteiger partial charge in [-0.3, -0.25) is 5.32 Å². The highest BCUT2D eigenvalue weighted by molar-refractivity contribution is 6.30. The normalized spacial score (nSPS) is 10.1. The molecule has 0 radical (unpaired) electrons. The molecular formula is C15H16ClN3O. The van der Waals surface area contributed by atoms with Crippen LogP contribution < -0.4 is 10.6 Å². The van der Waals surface area contributed by atoms with Crippen molar-refractivity contribution in [1.29, 1.82) is 0 Å². The third-order valence-corrected chi connectivity index (χ3v) is 2.98. The van der Waals surface area contributed by atoms with E-state index in [1.54, 1.807) is 6.20 Å². The fourth-order valence-corrected chi connectivity index (χ4v) is 1.99. The second-order valence-corrected chi connectivity index (χ2v) is 4.92. The lowest BCUT2D eigenvalue weighted by molar-refractivity contribution is 0.252. The average Bonchev–Trinajstić information content (AvgIpc) is 2.38. The summed E-state index contributed by atoms with van der Waals surface area (Å²) in [5.41, 5.74) is 2.14. The number of aromatic nitrogens is 1. The van der Waals surface area contributed by atoms with Gasteiger partial charge in [-0.15, -0.1) is 0 Å². The average molecular weight is 290 g/mol. The molecule has 0 atom stereocenters. The van der Waals surface area contributed by atoms with E-state index >= 15 is 0 Å². The Balaban J connectivity index is 1.78. The van der Waals surface area contributed by atoms with Gasteiger partial charge in [0.05, 0.1) is 0 Å². The maximum absolute atomic E-state index is 11.7. The van der Waals surface area contributed by atoms with E-state index in [4.69, 9.17) is 11.6 Å². The zero-order chi connectivity index (χ0) is 14.4. The monoisotopic (exact) mass is 289 g/mol. The van der Waals surface area contributed by atoms with Crippen LogP contribution in [0.3, 0.4) is 0 Å². The van der Waals surface area contributed by atoms with Crippen molar-refractivity contribution in [3.05, 3.63) is 58.7 Å². The first-order valence-electron chi connectivity index (χ1n) is 6.35. The van der Waals surface area contributed by atoms with Crippen LogP contribution in [0.25, 0.3) is 0 Å². The summed E-state index contributed by atoms with van der Waals surface area (Å²) in [5.74, 6) is 0.547. The smallest absolute Gasteiger partial charge is 0.320 e. The molecule has 2 aromatic rings. The molecule has 0 aliphatic carbocycles. The lowest BCUT2D eigenvalue weighted by atomic mass is 10.1. The van der Waals surface area contributed by atoms with Crippen molar-refractivity contribution >= 4 is 23.4 Å². The van der Waals surface area contributed by atoms with Crippen molar-refractivity contribution in [2.75, 3.05) is 11.9 Å². The molecule has 0 fully saturated rings. The summed E-state index contributed by atoms with van der Waals surface area (Å²) in [6.07, 6.45) is 2.39. The number of nitrogens with one attached hydrogen (secondary N) is 2. The molecule has 2 rings (SSSR count). The summed E-state index contributed by atoms with van der Waals surface area (Å²) in [6.45, 7) is 2.49. The number of hydrogen-bond donors (Lipinski definition) is 2. The molecule has 0 spiro atoms. The van der Waals surface area contributed by atoms with Crippen LogP contribution in [-0.4, -0.2) is 17.6 Å². The Kier molecular flexibility index (Phi) is 4.96. The van der Waals surface area contributed by atoms with E-state index in [0.717, 1.165) is 17.5 Å². The predicted octanol–water partition coefficient (Wildman–Crippen LogP) is 3.41. The Morgan fingerprint density at radius 3 is 2.90 bits per heavy atom. The molecule has 104 valence electrons. The zero-order valence-corrected chi connectivity index (χ0v) is 11.9. The highest BCUT2D eigenvalue weighted by Gasteiger charge is 2.02. The third-order valence-electron chi connectivity index (χ3n) is 2.75. The van der Waals surface area contributed by atoms with E-state index in [2.05, 4.69) is 15.6 Å². The minimum absolute atomic E-state index is 0.259. The quantitative estimate of drug-likeness (QED) is 0.906. The van der Waals surface area contributed by atoms with E-state index < -0.39 is 0 Å². The number of hydrogen-bond acceptors (Lipinski definition) is 2. The van der Waals surface area contributed by atoms with Gasteiger partial charge in [-0.05, 0) is 48.7 Å². The van der Waals surface area contributed by atoms with Crippen LogP contribution in [0.2, 0.25) is 5.02 Å². The molecule has 5 heteroatoms. The Morgan fingerprint density at radius 2 is 2.15 bits per heavy atom. The molecule has 1 aromatic carbocycles. The lowest BCUT2D eigenvalue weighted by Gasteiger charge is -2.07. The van der Waals surface area contributed by atoms with Crippen molar-refractivity contribution in [2.45, 2.75) is 13.3 Å². The summed E-state index contributed by atoms with van der Waals surface area (Å²) in [5, 5.41) is 6.18. The number of pyridine rings is 1. The summed E-state index contributed by atoms with van der Waals surface area (Å²) >= 11 is 5.90. The van der Waals surface area contributed by atoms with Gasteiger partial charge in [0, 0.05) is 17.8 Å². The largest absolute Gasteiger partial charge is 0.337 e. The van der Waals surface area contributed by atoms with Gasteiger partial charge in [0.2, 0.25) is 0 Å². The molecular weight excluding hydrogens is 274 g/mol. The Bertz CT molecular complexity index is 601.